The van der Waals surface area contributed by atoms with Crippen LogP contribution in [0.1, 0.15) is 27.6 Å². The first-order valence-corrected chi connectivity index (χ1v) is 9.35. The van der Waals surface area contributed by atoms with Gasteiger partial charge in [0.2, 0.25) is 11.7 Å². The van der Waals surface area contributed by atoms with Gasteiger partial charge in [-0.2, -0.15) is 10.1 Å². The summed E-state index contributed by atoms with van der Waals surface area (Å²) < 4.78 is 6.80. The predicted octanol–water partition coefficient (Wildman–Crippen LogP) is 4.75. The molecule has 0 atom stereocenters. The normalized spacial score (nSPS) is 10.9. The van der Waals surface area contributed by atoms with Crippen molar-refractivity contribution in [2.45, 2.75) is 20.8 Å². The van der Waals surface area contributed by atoms with Crippen LogP contribution >= 0.6 is 11.6 Å². The Hall–Kier alpha value is -3.45. The molecule has 29 heavy (non-hydrogen) atoms. The lowest BCUT2D eigenvalue weighted by molar-refractivity contribution is 0.102. The highest BCUT2D eigenvalue weighted by molar-refractivity contribution is 6.31. The fraction of sp³-hybridized carbons (Fsp3) is 0.143. The monoisotopic (exact) mass is 407 g/mol. The van der Waals surface area contributed by atoms with E-state index in [1.165, 1.54) is 0 Å². The van der Waals surface area contributed by atoms with Crippen molar-refractivity contribution in [3.05, 3.63) is 76.4 Å². The van der Waals surface area contributed by atoms with Gasteiger partial charge in [0, 0.05) is 18.1 Å². The number of aryl methyl sites for hydroxylation is 2. The quantitative estimate of drug-likeness (QED) is 0.527. The van der Waals surface area contributed by atoms with Crippen LogP contribution < -0.4 is 5.32 Å². The van der Waals surface area contributed by atoms with Crippen LogP contribution in [0, 0.1) is 20.8 Å². The van der Waals surface area contributed by atoms with E-state index in [1.807, 2.05) is 44.2 Å². The third-order valence-corrected chi connectivity index (χ3v) is 5.07. The second kappa shape index (κ2) is 7.52. The fourth-order valence-electron chi connectivity index (χ4n) is 3.02. The number of nitrogens with one attached hydrogen (secondary N) is 1. The van der Waals surface area contributed by atoms with E-state index in [-0.39, 0.29) is 5.91 Å². The summed E-state index contributed by atoms with van der Waals surface area (Å²) in [6.07, 6.45) is 0. The lowest BCUT2D eigenvalue weighted by Crippen LogP contribution is -2.13. The molecule has 1 amide bonds. The van der Waals surface area contributed by atoms with Gasteiger partial charge >= 0.3 is 0 Å². The number of para-hydroxylation sites is 1. The zero-order valence-electron chi connectivity index (χ0n) is 16.1. The van der Waals surface area contributed by atoms with E-state index < -0.39 is 0 Å². The van der Waals surface area contributed by atoms with Gasteiger partial charge in [0.1, 0.15) is 0 Å². The number of benzene rings is 2. The van der Waals surface area contributed by atoms with Gasteiger partial charge in [0.25, 0.3) is 5.91 Å². The third kappa shape index (κ3) is 3.64. The minimum Gasteiger partial charge on any atom is -0.339 e. The van der Waals surface area contributed by atoms with Gasteiger partial charge in [0.05, 0.1) is 27.8 Å². The standard InChI is InChI=1S/C21H18ClN5O2/c1-12-19(22)13(2)27(25-12)16-10-8-15(9-11-16)21(28)24-18-7-5-4-6-17(18)20-23-14(3)29-26-20/h4-11H,1-3H3,(H,24,28). The first-order chi connectivity index (χ1) is 13.9. The maximum atomic E-state index is 12.8. The molecule has 0 spiro atoms. The molecular weight excluding hydrogens is 390 g/mol. The van der Waals surface area contributed by atoms with Crippen LogP contribution in [0.25, 0.3) is 17.1 Å². The van der Waals surface area contributed by atoms with Crippen molar-refractivity contribution in [2.75, 3.05) is 5.32 Å². The summed E-state index contributed by atoms with van der Waals surface area (Å²) in [5.74, 6) is 0.645. The maximum Gasteiger partial charge on any atom is 0.255 e. The van der Waals surface area contributed by atoms with Crippen LogP contribution in [0.5, 0.6) is 0 Å². The number of carbonyl (C=O) groups excluding carboxylic acids is 1. The number of aromatic nitrogens is 4. The molecule has 146 valence electrons. The molecule has 0 aliphatic carbocycles. The van der Waals surface area contributed by atoms with Crippen molar-refractivity contribution >= 4 is 23.2 Å². The summed E-state index contributed by atoms with van der Waals surface area (Å²) in [5.41, 5.74) is 4.25. The Kier molecular flexibility index (Phi) is 4.90. The molecule has 8 heteroatoms. The summed E-state index contributed by atoms with van der Waals surface area (Å²) in [5, 5.41) is 11.9. The van der Waals surface area contributed by atoms with Gasteiger partial charge in [-0.05, 0) is 50.2 Å². The number of anilines is 1. The zero-order valence-corrected chi connectivity index (χ0v) is 16.9. The predicted molar refractivity (Wildman–Crippen MR) is 110 cm³/mol. The molecule has 2 aromatic carbocycles. The summed E-state index contributed by atoms with van der Waals surface area (Å²) >= 11 is 6.22. The van der Waals surface area contributed by atoms with Crippen molar-refractivity contribution in [1.29, 1.82) is 0 Å². The molecule has 0 saturated carbocycles. The average Bonchev–Trinajstić information content (AvgIpc) is 3.27. The summed E-state index contributed by atoms with van der Waals surface area (Å²) in [6, 6.07) is 14.5. The molecular formula is C21H18ClN5O2. The molecule has 0 bridgehead atoms. The number of hydrogen-bond donors (Lipinski definition) is 1. The number of amides is 1. The van der Waals surface area contributed by atoms with Crippen molar-refractivity contribution in [2.24, 2.45) is 0 Å². The van der Waals surface area contributed by atoms with E-state index in [0.717, 1.165) is 17.1 Å². The highest BCUT2D eigenvalue weighted by Crippen LogP contribution is 2.26. The van der Waals surface area contributed by atoms with E-state index in [1.54, 1.807) is 29.8 Å². The zero-order chi connectivity index (χ0) is 20.5. The van der Waals surface area contributed by atoms with Gasteiger partial charge in [-0.25, -0.2) is 4.68 Å². The Morgan fingerprint density at radius 2 is 1.79 bits per heavy atom. The highest BCUT2D eigenvalue weighted by atomic mass is 35.5. The van der Waals surface area contributed by atoms with Crippen LogP contribution in [-0.4, -0.2) is 25.8 Å². The average molecular weight is 408 g/mol. The van der Waals surface area contributed by atoms with E-state index in [2.05, 4.69) is 20.6 Å². The van der Waals surface area contributed by atoms with Crippen molar-refractivity contribution < 1.29 is 9.32 Å². The number of nitrogens with zero attached hydrogens (tertiary/aromatic N) is 4. The lowest BCUT2D eigenvalue weighted by atomic mass is 10.1. The second-order valence-corrected chi connectivity index (χ2v) is 6.96. The van der Waals surface area contributed by atoms with Crippen molar-refractivity contribution in [1.82, 2.24) is 19.9 Å². The molecule has 2 heterocycles. The number of halogens is 1. The summed E-state index contributed by atoms with van der Waals surface area (Å²) in [4.78, 5) is 17.0. The first-order valence-electron chi connectivity index (χ1n) is 8.97. The Morgan fingerprint density at radius 1 is 1.07 bits per heavy atom. The van der Waals surface area contributed by atoms with E-state index in [4.69, 9.17) is 16.1 Å². The molecule has 4 aromatic rings. The van der Waals surface area contributed by atoms with E-state index in [9.17, 15) is 4.79 Å². The molecule has 0 fully saturated rings. The van der Waals surface area contributed by atoms with Gasteiger partial charge in [-0.3, -0.25) is 4.79 Å². The Morgan fingerprint density at radius 3 is 2.41 bits per heavy atom. The number of hydrogen-bond acceptors (Lipinski definition) is 5. The van der Waals surface area contributed by atoms with Crippen LogP contribution in [0.3, 0.4) is 0 Å². The Balaban J connectivity index is 1.58. The maximum absolute atomic E-state index is 12.8. The molecule has 0 aliphatic heterocycles. The summed E-state index contributed by atoms with van der Waals surface area (Å²) in [6.45, 7) is 5.48. The van der Waals surface area contributed by atoms with Crippen LogP contribution in [0.4, 0.5) is 5.69 Å². The Labute approximate surface area is 172 Å². The largest absolute Gasteiger partial charge is 0.339 e. The third-order valence-electron chi connectivity index (χ3n) is 4.52. The van der Waals surface area contributed by atoms with Crippen LogP contribution in [-0.2, 0) is 0 Å². The van der Waals surface area contributed by atoms with E-state index >= 15 is 0 Å². The smallest absolute Gasteiger partial charge is 0.255 e. The number of carbonyl (C=O) groups is 1. The highest BCUT2D eigenvalue weighted by Gasteiger charge is 2.15. The molecule has 2 aromatic heterocycles. The molecule has 4 rings (SSSR count). The number of rotatable bonds is 4. The molecule has 0 radical (unpaired) electrons. The SMILES string of the molecule is Cc1nc(-c2ccccc2NC(=O)c2ccc(-n3nc(C)c(Cl)c3C)cc2)no1. The molecule has 0 unspecified atom stereocenters. The van der Waals surface area contributed by atoms with Gasteiger partial charge in [-0.15, -0.1) is 0 Å². The minimum absolute atomic E-state index is 0.240. The minimum atomic E-state index is -0.240. The molecule has 1 N–H and O–H groups in total. The van der Waals surface area contributed by atoms with Crippen LogP contribution in [0.15, 0.2) is 53.1 Å². The fourth-order valence-corrected chi connectivity index (χ4v) is 3.14. The Bertz CT molecular complexity index is 1190. The van der Waals surface area contributed by atoms with Gasteiger partial charge in [0.15, 0.2) is 0 Å². The van der Waals surface area contributed by atoms with Crippen molar-refractivity contribution in [3.8, 4) is 17.1 Å². The van der Waals surface area contributed by atoms with Gasteiger partial charge < -0.3 is 9.84 Å². The van der Waals surface area contributed by atoms with Crippen LogP contribution in [0.2, 0.25) is 5.02 Å². The summed E-state index contributed by atoms with van der Waals surface area (Å²) in [7, 11) is 0. The van der Waals surface area contributed by atoms with E-state index in [0.29, 0.717) is 33.6 Å². The molecule has 0 saturated heterocycles. The topological polar surface area (TPSA) is 85.8 Å². The second-order valence-electron chi connectivity index (χ2n) is 6.58. The van der Waals surface area contributed by atoms with Gasteiger partial charge in [-0.1, -0.05) is 28.9 Å². The molecule has 7 nitrogen and oxygen atoms in total. The first kappa shape index (κ1) is 18.9. The van der Waals surface area contributed by atoms with Crippen molar-refractivity contribution in [3.63, 3.8) is 0 Å². The molecule has 0 aliphatic rings. The lowest BCUT2D eigenvalue weighted by Gasteiger charge is -2.10.